The van der Waals surface area contributed by atoms with Crippen LogP contribution >= 0.6 is 0 Å². The molecule has 1 amide bonds. The van der Waals surface area contributed by atoms with Crippen molar-refractivity contribution in [3.63, 3.8) is 0 Å². The minimum absolute atomic E-state index is 0.0248. The Morgan fingerprint density at radius 2 is 1.91 bits per heavy atom. The van der Waals surface area contributed by atoms with Crippen LogP contribution in [-0.4, -0.2) is 30.4 Å². The molecule has 0 aliphatic rings. The Kier molecular flexibility index (Phi) is 5.31. The molecule has 2 aromatic rings. The van der Waals surface area contributed by atoms with Gasteiger partial charge in [-0.15, -0.1) is 0 Å². The SMILES string of the molecule is COc1ccccc1OC/C(N)=N\NC(=O)c1ccncc1. The number of nitrogens with zero attached hydrogens (tertiary/aromatic N) is 2. The number of para-hydroxylation sites is 2. The number of hydrogen-bond donors (Lipinski definition) is 2. The molecule has 1 heterocycles. The fraction of sp³-hybridized carbons (Fsp3) is 0.133. The van der Waals surface area contributed by atoms with Crippen molar-refractivity contribution in [1.29, 1.82) is 0 Å². The maximum atomic E-state index is 11.8. The lowest BCUT2D eigenvalue weighted by Gasteiger charge is -2.09. The second-order valence-corrected chi connectivity index (χ2v) is 4.22. The molecule has 0 bridgehead atoms. The summed E-state index contributed by atoms with van der Waals surface area (Å²) in [5.41, 5.74) is 8.49. The molecule has 114 valence electrons. The lowest BCUT2D eigenvalue weighted by molar-refractivity contribution is 0.0954. The van der Waals surface area contributed by atoms with E-state index < -0.39 is 0 Å². The maximum Gasteiger partial charge on any atom is 0.271 e. The van der Waals surface area contributed by atoms with Crippen molar-refractivity contribution in [3.05, 3.63) is 54.4 Å². The molecule has 0 radical (unpaired) electrons. The molecule has 0 fully saturated rings. The van der Waals surface area contributed by atoms with Gasteiger partial charge in [0, 0.05) is 18.0 Å². The van der Waals surface area contributed by atoms with Crippen LogP contribution in [0.25, 0.3) is 0 Å². The van der Waals surface area contributed by atoms with Crippen molar-refractivity contribution in [2.24, 2.45) is 10.8 Å². The van der Waals surface area contributed by atoms with E-state index in [-0.39, 0.29) is 18.3 Å². The monoisotopic (exact) mass is 300 g/mol. The number of nitrogens with two attached hydrogens (primary N) is 1. The summed E-state index contributed by atoms with van der Waals surface area (Å²) in [6, 6.07) is 10.3. The van der Waals surface area contributed by atoms with E-state index in [1.165, 1.54) is 12.4 Å². The van der Waals surface area contributed by atoms with E-state index in [2.05, 4.69) is 15.5 Å². The number of amides is 1. The maximum absolute atomic E-state index is 11.8. The van der Waals surface area contributed by atoms with E-state index in [9.17, 15) is 4.79 Å². The molecule has 0 spiro atoms. The number of carbonyl (C=O) groups excluding carboxylic acids is 1. The predicted molar refractivity (Wildman–Crippen MR) is 81.8 cm³/mol. The third-order valence-electron chi connectivity index (χ3n) is 2.69. The summed E-state index contributed by atoms with van der Waals surface area (Å²) in [6.45, 7) is 0.0248. The molecule has 1 aromatic carbocycles. The topological polar surface area (TPSA) is 98.8 Å². The van der Waals surface area contributed by atoms with E-state index >= 15 is 0 Å². The number of nitrogens with one attached hydrogen (secondary N) is 1. The molecule has 0 aliphatic heterocycles. The summed E-state index contributed by atoms with van der Waals surface area (Å²) in [4.78, 5) is 15.6. The summed E-state index contributed by atoms with van der Waals surface area (Å²) in [7, 11) is 1.55. The summed E-state index contributed by atoms with van der Waals surface area (Å²) >= 11 is 0. The zero-order chi connectivity index (χ0) is 15.8. The van der Waals surface area contributed by atoms with Crippen LogP contribution < -0.4 is 20.6 Å². The highest BCUT2D eigenvalue weighted by Gasteiger charge is 2.05. The molecule has 0 saturated carbocycles. The molecule has 0 atom stereocenters. The van der Waals surface area contributed by atoms with Gasteiger partial charge in [0.2, 0.25) is 0 Å². The normalized spacial score (nSPS) is 10.9. The zero-order valence-corrected chi connectivity index (χ0v) is 12.0. The van der Waals surface area contributed by atoms with Crippen LogP contribution in [0.1, 0.15) is 10.4 Å². The Bertz CT molecular complexity index is 659. The van der Waals surface area contributed by atoms with E-state index in [1.54, 1.807) is 31.4 Å². The van der Waals surface area contributed by atoms with Gasteiger partial charge in [-0.05, 0) is 24.3 Å². The van der Waals surface area contributed by atoms with E-state index in [0.29, 0.717) is 17.1 Å². The number of carbonyl (C=O) groups is 1. The number of hydrazone groups is 1. The molecule has 2 rings (SSSR count). The van der Waals surface area contributed by atoms with Crippen LogP contribution in [0.5, 0.6) is 11.5 Å². The predicted octanol–water partition coefficient (Wildman–Crippen LogP) is 1.17. The lowest BCUT2D eigenvalue weighted by atomic mass is 10.3. The van der Waals surface area contributed by atoms with Crippen molar-refractivity contribution in [2.75, 3.05) is 13.7 Å². The molecule has 0 aliphatic carbocycles. The average molecular weight is 300 g/mol. The summed E-state index contributed by atoms with van der Waals surface area (Å²) in [5, 5.41) is 3.78. The lowest BCUT2D eigenvalue weighted by Crippen LogP contribution is -2.27. The largest absolute Gasteiger partial charge is 0.493 e. The minimum Gasteiger partial charge on any atom is -0.493 e. The fourth-order valence-corrected chi connectivity index (χ4v) is 1.61. The van der Waals surface area contributed by atoms with Gasteiger partial charge in [-0.1, -0.05) is 12.1 Å². The highest BCUT2D eigenvalue weighted by atomic mass is 16.5. The standard InChI is InChI=1S/C15H16N4O3/c1-21-12-4-2-3-5-13(12)22-10-14(16)18-19-15(20)11-6-8-17-9-7-11/h2-9H,10H2,1H3,(H2,16,18)(H,19,20). The highest BCUT2D eigenvalue weighted by molar-refractivity contribution is 5.95. The highest BCUT2D eigenvalue weighted by Crippen LogP contribution is 2.25. The van der Waals surface area contributed by atoms with E-state index in [0.717, 1.165) is 0 Å². The first kappa shape index (κ1) is 15.3. The van der Waals surface area contributed by atoms with Gasteiger partial charge >= 0.3 is 0 Å². The second kappa shape index (κ2) is 7.63. The number of pyridine rings is 1. The zero-order valence-electron chi connectivity index (χ0n) is 12.0. The van der Waals surface area contributed by atoms with Crippen molar-refractivity contribution in [1.82, 2.24) is 10.4 Å². The Balaban J connectivity index is 1.89. The first-order valence-electron chi connectivity index (χ1n) is 6.49. The Morgan fingerprint density at radius 1 is 1.23 bits per heavy atom. The Labute approximate surface area is 127 Å². The fourth-order valence-electron chi connectivity index (χ4n) is 1.61. The van der Waals surface area contributed by atoms with Crippen LogP contribution in [0.3, 0.4) is 0 Å². The molecule has 7 heteroatoms. The number of benzene rings is 1. The molecule has 7 nitrogen and oxygen atoms in total. The number of methoxy groups -OCH3 is 1. The van der Waals surface area contributed by atoms with Crippen LogP contribution in [0.15, 0.2) is 53.9 Å². The van der Waals surface area contributed by atoms with Crippen molar-refractivity contribution in [2.45, 2.75) is 0 Å². The molecule has 22 heavy (non-hydrogen) atoms. The summed E-state index contributed by atoms with van der Waals surface area (Å²) in [6.07, 6.45) is 3.04. The van der Waals surface area contributed by atoms with Gasteiger partial charge in [-0.3, -0.25) is 9.78 Å². The third kappa shape index (κ3) is 4.20. The molecule has 3 N–H and O–H groups in total. The van der Waals surface area contributed by atoms with Crippen molar-refractivity contribution < 1.29 is 14.3 Å². The van der Waals surface area contributed by atoms with Gasteiger partial charge < -0.3 is 15.2 Å². The first-order chi connectivity index (χ1) is 10.7. The van der Waals surface area contributed by atoms with Gasteiger partial charge in [0.25, 0.3) is 5.91 Å². The molecule has 1 aromatic heterocycles. The first-order valence-corrected chi connectivity index (χ1v) is 6.49. The smallest absolute Gasteiger partial charge is 0.271 e. The van der Waals surface area contributed by atoms with Gasteiger partial charge in [0.1, 0.15) is 6.61 Å². The number of amidine groups is 1. The minimum atomic E-state index is -0.373. The van der Waals surface area contributed by atoms with E-state index in [1.807, 2.05) is 12.1 Å². The summed E-state index contributed by atoms with van der Waals surface area (Å²) in [5.74, 6) is 0.899. The second-order valence-electron chi connectivity index (χ2n) is 4.22. The van der Waals surface area contributed by atoms with E-state index in [4.69, 9.17) is 15.2 Å². The van der Waals surface area contributed by atoms with Gasteiger partial charge in [-0.25, -0.2) is 5.43 Å². The van der Waals surface area contributed by atoms with Crippen LogP contribution in [0.2, 0.25) is 0 Å². The number of rotatable bonds is 6. The summed E-state index contributed by atoms with van der Waals surface area (Å²) < 4.78 is 10.6. The van der Waals surface area contributed by atoms with Gasteiger partial charge in [0.05, 0.1) is 7.11 Å². The Morgan fingerprint density at radius 3 is 2.59 bits per heavy atom. The van der Waals surface area contributed by atoms with Crippen LogP contribution in [0, 0.1) is 0 Å². The van der Waals surface area contributed by atoms with Gasteiger partial charge in [-0.2, -0.15) is 5.10 Å². The van der Waals surface area contributed by atoms with Crippen molar-refractivity contribution >= 4 is 11.7 Å². The number of ether oxygens (including phenoxy) is 2. The molecule has 0 unspecified atom stereocenters. The van der Waals surface area contributed by atoms with Crippen LogP contribution in [-0.2, 0) is 0 Å². The Hall–Kier alpha value is -3.09. The van der Waals surface area contributed by atoms with Gasteiger partial charge in [0.15, 0.2) is 17.3 Å². The van der Waals surface area contributed by atoms with Crippen LogP contribution in [0.4, 0.5) is 0 Å². The van der Waals surface area contributed by atoms with Crippen molar-refractivity contribution in [3.8, 4) is 11.5 Å². The quantitative estimate of drug-likeness (QED) is 0.474. The molecular weight excluding hydrogens is 284 g/mol. The number of aromatic nitrogens is 1. The average Bonchev–Trinajstić information content (AvgIpc) is 2.58. The molecule has 0 saturated heterocycles. The molecular formula is C15H16N4O3. The number of hydrogen-bond acceptors (Lipinski definition) is 5. The third-order valence-corrected chi connectivity index (χ3v) is 2.69.